The molecule has 1 aromatic carbocycles. The molecule has 0 atom stereocenters. The fourth-order valence-corrected chi connectivity index (χ4v) is 0.753. The van der Waals surface area contributed by atoms with Gasteiger partial charge in [0.2, 0.25) is 0 Å². The predicted molar refractivity (Wildman–Crippen MR) is 44.7 cm³/mol. The van der Waals surface area contributed by atoms with Crippen LogP contribution in [0.25, 0.3) is 0 Å². The molecule has 0 aliphatic rings. The van der Waals surface area contributed by atoms with Crippen molar-refractivity contribution in [3.8, 4) is 5.75 Å². The number of benzene rings is 1. The standard InChI is InChI=1S/C8H8N2O2/c1-12-8-4-2-7(3-5-8)10-9-6-11/h2-5,10H,1H3. The third-order valence-electron chi connectivity index (χ3n) is 1.32. The van der Waals surface area contributed by atoms with Gasteiger partial charge in [0, 0.05) is 0 Å². The van der Waals surface area contributed by atoms with E-state index in [1.807, 2.05) is 0 Å². The SMILES string of the molecule is COc1ccc(NN=C=O)cc1. The van der Waals surface area contributed by atoms with Gasteiger partial charge in [0.05, 0.1) is 12.8 Å². The molecule has 0 saturated carbocycles. The molecule has 4 heteroatoms. The summed E-state index contributed by atoms with van der Waals surface area (Å²) in [5.74, 6) is 0.760. The molecular weight excluding hydrogens is 156 g/mol. The largest absolute Gasteiger partial charge is 0.497 e. The van der Waals surface area contributed by atoms with E-state index in [4.69, 9.17) is 4.74 Å². The number of ether oxygens (including phenoxy) is 1. The Labute approximate surface area is 69.9 Å². The maximum absolute atomic E-state index is 9.72. The third kappa shape index (κ3) is 2.11. The predicted octanol–water partition coefficient (Wildman–Crippen LogP) is 1.36. The number of methoxy groups -OCH3 is 1. The Morgan fingerprint density at radius 1 is 1.42 bits per heavy atom. The van der Waals surface area contributed by atoms with E-state index < -0.39 is 0 Å². The lowest BCUT2D eigenvalue weighted by Crippen LogP contribution is -1.87. The molecular formula is C8H8N2O2. The summed E-state index contributed by atoms with van der Waals surface area (Å²) in [4.78, 5) is 9.72. The summed E-state index contributed by atoms with van der Waals surface area (Å²) in [6.45, 7) is 0. The van der Waals surface area contributed by atoms with Gasteiger partial charge in [-0.2, -0.15) is 0 Å². The average Bonchev–Trinajstić information content (AvgIpc) is 2.15. The fourth-order valence-electron chi connectivity index (χ4n) is 0.753. The molecule has 0 amide bonds. The molecule has 1 N–H and O–H groups in total. The van der Waals surface area contributed by atoms with Gasteiger partial charge in [0.1, 0.15) is 5.75 Å². The molecule has 0 aromatic heterocycles. The van der Waals surface area contributed by atoms with Crippen molar-refractivity contribution >= 4 is 11.8 Å². The second-order valence-electron chi connectivity index (χ2n) is 2.04. The van der Waals surface area contributed by atoms with Gasteiger partial charge in [-0.25, -0.2) is 4.79 Å². The van der Waals surface area contributed by atoms with Gasteiger partial charge in [0.15, 0.2) is 0 Å². The van der Waals surface area contributed by atoms with E-state index in [2.05, 4.69) is 10.5 Å². The lowest BCUT2D eigenvalue weighted by molar-refractivity contribution is 0.415. The maximum atomic E-state index is 9.72. The van der Waals surface area contributed by atoms with E-state index in [1.165, 1.54) is 6.08 Å². The topological polar surface area (TPSA) is 50.7 Å². The first kappa shape index (κ1) is 8.30. The second-order valence-corrected chi connectivity index (χ2v) is 2.04. The Bertz CT molecular complexity index is 288. The zero-order valence-corrected chi connectivity index (χ0v) is 6.57. The van der Waals surface area contributed by atoms with Crippen molar-refractivity contribution in [2.24, 2.45) is 5.10 Å². The second kappa shape index (κ2) is 4.16. The van der Waals surface area contributed by atoms with Gasteiger partial charge in [-0.3, -0.25) is 5.43 Å². The Hall–Kier alpha value is -1.80. The number of carbonyl (C=O) groups excluding carboxylic acids is 1. The molecule has 0 bridgehead atoms. The zero-order chi connectivity index (χ0) is 8.81. The average molecular weight is 164 g/mol. The van der Waals surface area contributed by atoms with Crippen LogP contribution < -0.4 is 10.2 Å². The molecule has 0 saturated heterocycles. The normalized spacial score (nSPS) is 8.42. The minimum Gasteiger partial charge on any atom is -0.497 e. The fraction of sp³-hybridized carbons (Fsp3) is 0.125. The summed E-state index contributed by atoms with van der Waals surface area (Å²) in [7, 11) is 1.59. The van der Waals surface area contributed by atoms with Gasteiger partial charge < -0.3 is 4.74 Å². The van der Waals surface area contributed by atoms with E-state index in [0.717, 1.165) is 11.4 Å². The van der Waals surface area contributed by atoms with Crippen LogP contribution in [0.4, 0.5) is 5.69 Å². The number of hydrogen-bond donors (Lipinski definition) is 1. The van der Waals surface area contributed by atoms with E-state index in [9.17, 15) is 4.79 Å². The molecule has 62 valence electrons. The van der Waals surface area contributed by atoms with Crippen molar-refractivity contribution in [2.75, 3.05) is 12.5 Å². The number of hydrogen-bond acceptors (Lipinski definition) is 4. The quantitative estimate of drug-likeness (QED) is 0.417. The molecule has 0 aliphatic carbocycles. The molecule has 4 nitrogen and oxygen atoms in total. The molecule has 0 radical (unpaired) electrons. The Morgan fingerprint density at radius 2 is 2.08 bits per heavy atom. The molecule has 12 heavy (non-hydrogen) atoms. The van der Waals surface area contributed by atoms with Crippen LogP contribution >= 0.6 is 0 Å². The van der Waals surface area contributed by atoms with E-state index in [1.54, 1.807) is 31.4 Å². The van der Waals surface area contributed by atoms with Crippen molar-refractivity contribution in [2.45, 2.75) is 0 Å². The number of nitrogens with one attached hydrogen (secondary N) is 1. The van der Waals surface area contributed by atoms with Crippen LogP contribution in [0.3, 0.4) is 0 Å². The number of rotatable bonds is 3. The van der Waals surface area contributed by atoms with Crippen molar-refractivity contribution < 1.29 is 9.53 Å². The van der Waals surface area contributed by atoms with Gasteiger partial charge in [-0.1, -0.05) is 5.10 Å². The van der Waals surface area contributed by atoms with E-state index in [-0.39, 0.29) is 0 Å². The van der Waals surface area contributed by atoms with Crippen LogP contribution in [-0.4, -0.2) is 13.2 Å². The highest BCUT2D eigenvalue weighted by Crippen LogP contribution is 2.14. The highest BCUT2D eigenvalue weighted by molar-refractivity contribution is 5.48. The van der Waals surface area contributed by atoms with Gasteiger partial charge in [0.25, 0.3) is 6.08 Å². The summed E-state index contributed by atoms with van der Waals surface area (Å²) in [6, 6.07) is 7.03. The summed E-state index contributed by atoms with van der Waals surface area (Å²) >= 11 is 0. The van der Waals surface area contributed by atoms with Crippen molar-refractivity contribution in [3.05, 3.63) is 24.3 Å². The van der Waals surface area contributed by atoms with Crippen LogP contribution in [0.2, 0.25) is 0 Å². The van der Waals surface area contributed by atoms with E-state index in [0.29, 0.717) is 0 Å². The lowest BCUT2D eigenvalue weighted by Gasteiger charge is -2.00. The molecule has 0 aliphatic heterocycles. The Kier molecular flexibility index (Phi) is 2.87. The van der Waals surface area contributed by atoms with Crippen LogP contribution in [0.15, 0.2) is 29.4 Å². The number of hydrazone groups is 1. The molecule has 0 spiro atoms. The highest BCUT2D eigenvalue weighted by Gasteiger charge is 1.90. The summed E-state index contributed by atoms with van der Waals surface area (Å²) < 4.78 is 4.94. The minimum atomic E-state index is 0.721. The maximum Gasteiger partial charge on any atom is 0.258 e. The smallest absolute Gasteiger partial charge is 0.258 e. The summed E-state index contributed by atoms with van der Waals surface area (Å²) in [6.07, 6.45) is 1.38. The van der Waals surface area contributed by atoms with E-state index >= 15 is 0 Å². The van der Waals surface area contributed by atoms with Crippen LogP contribution in [0.5, 0.6) is 5.75 Å². The highest BCUT2D eigenvalue weighted by atomic mass is 16.5. The molecule has 1 rings (SSSR count). The molecule has 0 fully saturated rings. The third-order valence-corrected chi connectivity index (χ3v) is 1.32. The number of nitrogens with zero attached hydrogens (tertiary/aromatic N) is 1. The molecule has 0 unspecified atom stereocenters. The molecule has 1 aromatic rings. The number of anilines is 1. The first-order chi connectivity index (χ1) is 5.86. The molecule has 0 heterocycles. The van der Waals surface area contributed by atoms with Gasteiger partial charge in [-0.15, -0.1) is 0 Å². The van der Waals surface area contributed by atoms with Crippen molar-refractivity contribution in [1.29, 1.82) is 0 Å². The summed E-state index contributed by atoms with van der Waals surface area (Å²) in [5.41, 5.74) is 3.21. The minimum absolute atomic E-state index is 0.721. The zero-order valence-electron chi connectivity index (χ0n) is 6.57. The first-order valence-corrected chi connectivity index (χ1v) is 3.34. The van der Waals surface area contributed by atoms with Crippen LogP contribution in [0.1, 0.15) is 0 Å². The first-order valence-electron chi connectivity index (χ1n) is 3.34. The van der Waals surface area contributed by atoms with Gasteiger partial charge >= 0.3 is 0 Å². The van der Waals surface area contributed by atoms with Crippen molar-refractivity contribution in [1.82, 2.24) is 0 Å². The van der Waals surface area contributed by atoms with Gasteiger partial charge in [-0.05, 0) is 24.3 Å². The monoisotopic (exact) mass is 164 g/mol. The van der Waals surface area contributed by atoms with Crippen LogP contribution in [0, 0.1) is 0 Å². The number of isocyanates is 1. The van der Waals surface area contributed by atoms with Crippen molar-refractivity contribution in [3.63, 3.8) is 0 Å². The lowest BCUT2D eigenvalue weighted by atomic mass is 10.3. The summed E-state index contributed by atoms with van der Waals surface area (Å²) in [5, 5.41) is 3.20. The Morgan fingerprint density at radius 3 is 2.58 bits per heavy atom. The van der Waals surface area contributed by atoms with Crippen LogP contribution in [-0.2, 0) is 4.79 Å². The Balaban J connectivity index is 2.70.